The van der Waals surface area contributed by atoms with Crippen LogP contribution >= 0.6 is 0 Å². The van der Waals surface area contributed by atoms with Gasteiger partial charge in [0.05, 0.1) is 0 Å². The number of carbonyl (C=O) groups is 1. The average Bonchev–Trinajstić information content (AvgIpc) is 2.70. The van der Waals surface area contributed by atoms with Crippen LogP contribution in [0.4, 0.5) is 0 Å². The molecule has 0 aromatic heterocycles. The molecule has 0 saturated heterocycles. The van der Waals surface area contributed by atoms with Crippen molar-refractivity contribution in [3.8, 4) is 0 Å². The summed E-state index contributed by atoms with van der Waals surface area (Å²) in [7, 11) is 0. The van der Waals surface area contributed by atoms with Crippen molar-refractivity contribution in [2.45, 2.75) is 88.9 Å². The van der Waals surface area contributed by atoms with Crippen molar-refractivity contribution >= 4 is 32.7 Å². The molecule has 1 aromatic carbocycles. The molecule has 1 rings (SSSR count). The van der Waals surface area contributed by atoms with Crippen LogP contribution in [-0.4, -0.2) is 33.7 Å². The number of esters is 1. The zero-order chi connectivity index (χ0) is 20.0. The first-order valence-electron chi connectivity index (χ1n) is 10.8. The topological polar surface area (TPSA) is 26.3 Å². The molecule has 0 heterocycles. The molecular weight excluding hydrogens is 439 g/mol. The monoisotopic (exact) mass is 478 g/mol. The summed E-state index contributed by atoms with van der Waals surface area (Å²) < 4.78 is 8.22. The van der Waals surface area contributed by atoms with Crippen molar-refractivity contribution in [1.82, 2.24) is 0 Å². The number of hydrogen-bond acceptors (Lipinski definition) is 2. The molecule has 0 saturated carbocycles. The van der Waals surface area contributed by atoms with Crippen molar-refractivity contribution in [2.24, 2.45) is 0 Å². The third-order valence-electron chi connectivity index (χ3n) is 5.13. The van der Waals surface area contributed by atoms with Crippen LogP contribution in [0.25, 0.3) is 5.57 Å². The predicted octanol–water partition coefficient (Wildman–Crippen LogP) is 7.02. The molecule has 0 bridgehead atoms. The van der Waals surface area contributed by atoms with Crippen molar-refractivity contribution in [3.63, 3.8) is 0 Å². The van der Waals surface area contributed by atoms with Crippen LogP contribution in [0.5, 0.6) is 0 Å². The number of rotatable bonds is 14. The van der Waals surface area contributed by atoms with Gasteiger partial charge in [-0.05, 0) is 0 Å². The predicted molar refractivity (Wildman–Crippen MR) is 118 cm³/mol. The van der Waals surface area contributed by atoms with Gasteiger partial charge >= 0.3 is 178 Å². The van der Waals surface area contributed by atoms with E-state index in [2.05, 4.69) is 24.9 Å². The number of carbonyl (C=O) groups excluding carboxylic acids is 1. The SMILES string of the molecule is CCCC[C](CCCC)(CCCC)[Sn][CH]=C(C(=O)OCC)c1ccccc1. The van der Waals surface area contributed by atoms with Crippen LogP contribution in [0.15, 0.2) is 34.4 Å². The molecule has 3 heteroatoms. The fourth-order valence-electron chi connectivity index (χ4n) is 3.45. The normalized spacial score (nSPS) is 12.2. The third-order valence-corrected chi connectivity index (χ3v) is 10.3. The van der Waals surface area contributed by atoms with Crippen molar-refractivity contribution in [2.75, 3.05) is 6.61 Å². The average molecular weight is 477 g/mol. The maximum atomic E-state index is 12.6. The van der Waals surface area contributed by atoms with Crippen molar-refractivity contribution in [3.05, 3.63) is 40.0 Å². The Morgan fingerprint density at radius 3 is 1.89 bits per heavy atom. The molecule has 1 aromatic rings. The van der Waals surface area contributed by atoms with E-state index in [1.54, 1.807) is 0 Å². The second-order valence-electron chi connectivity index (χ2n) is 7.38. The first-order valence-corrected chi connectivity index (χ1v) is 13.9. The van der Waals surface area contributed by atoms with Crippen LogP contribution in [0.3, 0.4) is 0 Å². The molecule has 27 heavy (non-hydrogen) atoms. The van der Waals surface area contributed by atoms with Gasteiger partial charge in [0.2, 0.25) is 0 Å². The van der Waals surface area contributed by atoms with Gasteiger partial charge in [0, 0.05) is 0 Å². The summed E-state index contributed by atoms with van der Waals surface area (Å²) in [5.74, 6) is -0.153. The van der Waals surface area contributed by atoms with Crippen LogP contribution in [0.2, 0.25) is 3.43 Å². The summed E-state index contributed by atoms with van der Waals surface area (Å²) in [4.78, 5) is 12.6. The molecule has 0 spiro atoms. The Bertz CT molecular complexity index is 529. The van der Waals surface area contributed by atoms with Gasteiger partial charge in [0.15, 0.2) is 0 Å². The van der Waals surface area contributed by atoms with E-state index in [1.165, 1.54) is 57.8 Å². The summed E-state index contributed by atoms with van der Waals surface area (Å²) in [5.41, 5.74) is 1.81. The Morgan fingerprint density at radius 2 is 1.44 bits per heavy atom. The molecule has 2 radical (unpaired) electrons. The van der Waals surface area contributed by atoms with E-state index >= 15 is 0 Å². The zero-order valence-corrected chi connectivity index (χ0v) is 20.7. The van der Waals surface area contributed by atoms with Gasteiger partial charge in [-0.1, -0.05) is 0 Å². The quantitative estimate of drug-likeness (QED) is 0.164. The second-order valence-corrected chi connectivity index (χ2v) is 12.1. The number of unbranched alkanes of at least 4 members (excludes halogenated alkanes) is 3. The fourth-order valence-corrected chi connectivity index (χ4v) is 8.30. The van der Waals surface area contributed by atoms with Gasteiger partial charge in [-0.2, -0.15) is 0 Å². The molecule has 0 N–H and O–H groups in total. The molecule has 0 fully saturated rings. The number of hydrogen-bond donors (Lipinski definition) is 0. The van der Waals surface area contributed by atoms with E-state index in [-0.39, 0.29) is 5.97 Å². The second kappa shape index (κ2) is 14.3. The molecule has 0 aliphatic carbocycles. The molecule has 0 aliphatic heterocycles. The van der Waals surface area contributed by atoms with Crippen LogP contribution in [0, 0.1) is 0 Å². The Hall–Kier alpha value is -0.771. The van der Waals surface area contributed by atoms with E-state index in [0.29, 0.717) is 10.0 Å². The standard InChI is InChI=1S/C13H27.C11H11O2.Sn/c1-4-7-10-13(11-8-5-2)12-9-6-3;1-3-13-11(12)9(2)10-7-5-4-6-8-10;/h4-12H2,1-3H3;2,4-8H,3H2,1H3;. The molecular formula is C24H38O2Sn. The van der Waals surface area contributed by atoms with Gasteiger partial charge in [0.1, 0.15) is 0 Å². The van der Waals surface area contributed by atoms with Gasteiger partial charge in [0.25, 0.3) is 0 Å². The first kappa shape index (κ1) is 24.3. The summed E-state index contributed by atoms with van der Waals surface area (Å²) in [6, 6.07) is 10.1. The maximum absolute atomic E-state index is 12.6. The van der Waals surface area contributed by atoms with E-state index in [0.717, 1.165) is 11.1 Å². The fraction of sp³-hybridized carbons (Fsp3) is 0.625. The van der Waals surface area contributed by atoms with Gasteiger partial charge in [-0.25, -0.2) is 0 Å². The van der Waals surface area contributed by atoms with Crippen molar-refractivity contribution < 1.29 is 9.53 Å². The van der Waals surface area contributed by atoms with E-state index < -0.39 is 21.1 Å². The van der Waals surface area contributed by atoms with Crippen LogP contribution in [-0.2, 0) is 9.53 Å². The molecule has 0 amide bonds. The molecule has 2 nitrogen and oxygen atoms in total. The molecule has 0 unspecified atom stereocenters. The molecule has 150 valence electrons. The number of ether oxygens (including phenoxy) is 1. The van der Waals surface area contributed by atoms with E-state index in [4.69, 9.17) is 4.74 Å². The summed E-state index contributed by atoms with van der Waals surface area (Å²) in [5, 5.41) is 0. The summed E-state index contributed by atoms with van der Waals surface area (Å²) in [6.45, 7) is 9.19. The van der Waals surface area contributed by atoms with E-state index in [9.17, 15) is 4.79 Å². The Balaban J connectivity index is 3.15. The van der Waals surface area contributed by atoms with Crippen molar-refractivity contribution in [1.29, 1.82) is 0 Å². The minimum absolute atomic E-state index is 0.153. The van der Waals surface area contributed by atoms with Gasteiger partial charge in [-0.15, -0.1) is 0 Å². The van der Waals surface area contributed by atoms with Crippen LogP contribution < -0.4 is 0 Å². The Morgan fingerprint density at radius 1 is 0.926 bits per heavy atom. The minimum atomic E-state index is -0.898. The Kier molecular flexibility index (Phi) is 12.8. The molecule has 0 atom stereocenters. The Labute approximate surface area is 177 Å². The first-order chi connectivity index (χ1) is 13.1. The van der Waals surface area contributed by atoms with Gasteiger partial charge in [-0.3, -0.25) is 0 Å². The van der Waals surface area contributed by atoms with Crippen LogP contribution in [0.1, 0.15) is 91.0 Å². The summed E-state index contributed by atoms with van der Waals surface area (Å²) in [6.07, 6.45) is 11.7. The molecule has 0 aliphatic rings. The zero-order valence-electron chi connectivity index (χ0n) is 17.9. The summed E-state index contributed by atoms with van der Waals surface area (Å²) >= 11 is -0.898. The number of benzene rings is 1. The van der Waals surface area contributed by atoms with Gasteiger partial charge < -0.3 is 0 Å². The van der Waals surface area contributed by atoms with E-state index in [1.807, 2.05) is 37.3 Å². The third kappa shape index (κ3) is 8.85.